The van der Waals surface area contributed by atoms with Gasteiger partial charge in [-0.2, -0.15) is 0 Å². The van der Waals surface area contributed by atoms with E-state index in [1.54, 1.807) is 6.92 Å². The van der Waals surface area contributed by atoms with E-state index in [-0.39, 0.29) is 54.0 Å². The summed E-state index contributed by atoms with van der Waals surface area (Å²) < 4.78 is 28.4. The smallest absolute Gasteiger partial charge is 0.302 e. The summed E-state index contributed by atoms with van der Waals surface area (Å²) in [5.74, 6) is -0.438. The van der Waals surface area contributed by atoms with Crippen molar-refractivity contribution in [3.05, 3.63) is 23.8 Å². The maximum atomic E-state index is 12.1. The van der Waals surface area contributed by atoms with Crippen molar-refractivity contribution in [1.29, 1.82) is 0 Å². The number of amides is 1. The monoisotopic (exact) mass is 465 g/mol. The molecule has 3 aliphatic heterocycles. The molecular formula is C25H39NO7. The molecule has 1 spiro atoms. The summed E-state index contributed by atoms with van der Waals surface area (Å²) in [5, 5.41) is 2.91. The number of carbonyl (C=O) groups excluding carboxylic acids is 2. The number of carbonyl (C=O) groups is 2. The third-order valence-electron chi connectivity index (χ3n) is 6.03. The molecule has 0 aromatic rings. The van der Waals surface area contributed by atoms with Crippen LogP contribution in [0.4, 0.5) is 0 Å². The van der Waals surface area contributed by atoms with Crippen LogP contribution in [-0.2, 0) is 33.3 Å². The Morgan fingerprint density at radius 3 is 2.55 bits per heavy atom. The van der Waals surface area contributed by atoms with E-state index in [0.29, 0.717) is 26.1 Å². The molecule has 0 aromatic heterocycles. The fourth-order valence-corrected chi connectivity index (χ4v) is 4.49. The summed E-state index contributed by atoms with van der Waals surface area (Å²) >= 11 is 0. The van der Waals surface area contributed by atoms with Gasteiger partial charge in [0.15, 0.2) is 6.29 Å². The molecule has 8 heteroatoms. The van der Waals surface area contributed by atoms with Crippen molar-refractivity contribution in [1.82, 2.24) is 5.32 Å². The highest BCUT2D eigenvalue weighted by atomic mass is 16.7. The van der Waals surface area contributed by atoms with Crippen LogP contribution < -0.4 is 5.32 Å². The van der Waals surface area contributed by atoms with Crippen molar-refractivity contribution < 1.29 is 33.3 Å². The van der Waals surface area contributed by atoms with Crippen molar-refractivity contribution in [3.63, 3.8) is 0 Å². The second-order valence-corrected chi connectivity index (χ2v) is 10.1. The van der Waals surface area contributed by atoms with Crippen molar-refractivity contribution in [2.75, 3.05) is 19.8 Å². The zero-order valence-electron chi connectivity index (χ0n) is 20.6. The highest BCUT2D eigenvalue weighted by Crippen LogP contribution is 2.46. The lowest BCUT2D eigenvalue weighted by Gasteiger charge is -2.38. The Hall–Kier alpha value is -1.74. The van der Waals surface area contributed by atoms with Crippen molar-refractivity contribution in [3.8, 4) is 0 Å². The molecule has 1 amide bonds. The highest BCUT2D eigenvalue weighted by Gasteiger charge is 2.53. The standard InChI is InChI=1S/C25H39NO7/c1-17(6-9-21-12-25(16-31-25)15-24(4,5)33-21)7-11-23-29-13-20(14-30-23)26-22(28)10-8-18(2)32-19(3)27/h6-7,9,18,20-21,23H,8,10-16H2,1-5H3,(H,26,28)/t18-,20?,21+,23?,25+/m0/s1. The normalized spacial score (nSPS) is 32.5. The van der Waals surface area contributed by atoms with Gasteiger partial charge in [-0.3, -0.25) is 9.59 Å². The van der Waals surface area contributed by atoms with Crippen LogP contribution in [0.5, 0.6) is 0 Å². The first kappa shape index (κ1) is 25.9. The average molecular weight is 466 g/mol. The Morgan fingerprint density at radius 2 is 1.91 bits per heavy atom. The van der Waals surface area contributed by atoms with Crippen molar-refractivity contribution >= 4 is 11.9 Å². The van der Waals surface area contributed by atoms with Crippen LogP contribution in [0.15, 0.2) is 23.8 Å². The minimum Gasteiger partial charge on any atom is -0.463 e. The van der Waals surface area contributed by atoms with Gasteiger partial charge in [0.1, 0.15) is 0 Å². The molecule has 0 aliphatic carbocycles. The van der Waals surface area contributed by atoms with E-state index in [0.717, 1.165) is 25.0 Å². The summed E-state index contributed by atoms with van der Waals surface area (Å²) in [6, 6.07) is -0.175. The van der Waals surface area contributed by atoms with Gasteiger partial charge in [0, 0.05) is 32.6 Å². The third-order valence-corrected chi connectivity index (χ3v) is 6.03. The van der Waals surface area contributed by atoms with Crippen LogP contribution in [0.25, 0.3) is 0 Å². The molecule has 0 saturated carbocycles. The Kier molecular flexibility index (Phi) is 8.72. The molecule has 3 atom stereocenters. The quantitative estimate of drug-likeness (QED) is 0.317. The molecule has 186 valence electrons. The molecule has 3 heterocycles. The van der Waals surface area contributed by atoms with Gasteiger partial charge in [-0.15, -0.1) is 0 Å². The van der Waals surface area contributed by atoms with Crippen LogP contribution in [0, 0.1) is 0 Å². The maximum Gasteiger partial charge on any atom is 0.302 e. The van der Waals surface area contributed by atoms with Gasteiger partial charge in [-0.1, -0.05) is 23.8 Å². The topological polar surface area (TPSA) is 95.6 Å². The first-order valence-electron chi connectivity index (χ1n) is 11.9. The van der Waals surface area contributed by atoms with E-state index in [4.69, 9.17) is 23.7 Å². The fourth-order valence-electron chi connectivity index (χ4n) is 4.49. The minimum atomic E-state index is -0.338. The molecule has 33 heavy (non-hydrogen) atoms. The number of ether oxygens (including phenoxy) is 5. The van der Waals surface area contributed by atoms with Gasteiger partial charge in [0.25, 0.3) is 0 Å². The molecule has 3 fully saturated rings. The summed E-state index contributed by atoms with van der Waals surface area (Å²) in [4.78, 5) is 23.0. The van der Waals surface area contributed by atoms with Crippen molar-refractivity contribution in [2.45, 2.75) is 102 Å². The predicted octanol–water partition coefficient (Wildman–Crippen LogP) is 3.20. The van der Waals surface area contributed by atoms with Gasteiger partial charge in [0.2, 0.25) is 5.91 Å². The molecule has 1 N–H and O–H groups in total. The first-order chi connectivity index (χ1) is 15.5. The average Bonchev–Trinajstić information content (AvgIpc) is 3.46. The molecule has 0 bridgehead atoms. The van der Waals surface area contributed by atoms with Crippen LogP contribution in [0.2, 0.25) is 0 Å². The van der Waals surface area contributed by atoms with Gasteiger partial charge >= 0.3 is 5.97 Å². The molecule has 8 nitrogen and oxygen atoms in total. The second kappa shape index (κ2) is 11.1. The number of epoxide rings is 1. The number of hydrogen-bond acceptors (Lipinski definition) is 7. The number of esters is 1. The molecule has 0 radical (unpaired) electrons. The summed E-state index contributed by atoms with van der Waals surface area (Å²) in [6.07, 6.45) is 9.03. The Morgan fingerprint density at radius 1 is 1.21 bits per heavy atom. The van der Waals surface area contributed by atoms with Gasteiger partial charge in [0.05, 0.1) is 49.3 Å². The van der Waals surface area contributed by atoms with Gasteiger partial charge < -0.3 is 29.0 Å². The Bertz CT molecular complexity index is 742. The highest BCUT2D eigenvalue weighted by molar-refractivity contribution is 5.76. The Labute approximate surface area is 197 Å². The van der Waals surface area contributed by atoms with E-state index in [1.807, 2.05) is 0 Å². The predicted molar refractivity (Wildman–Crippen MR) is 122 cm³/mol. The lowest BCUT2D eigenvalue weighted by molar-refractivity contribution is -0.188. The fraction of sp³-hybridized carbons (Fsp3) is 0.760. The summed E-state index contributed by atoms with van der Waals surface area (Å²) in [6.45, 7) is 11.1. The maximum absolute atomic E-state index is 12.1. The Balaban J connectivity index is 1.33. The zero-order valence-corrected chi connectivity index (χ0v) is 20.6. The van der Waals surface area contributed by atoms with Crippen LogP contribution in [0.3, 0.4) is 0 Å². The molecule has 3 aliphatic rings. The SMILES string of the molecule is CC(=O)O[C@@H](C)CCC(=O)NC1COC(CC=C(C)C=C[C@@H]2C[C@]3(CO3)CC(C)(C)O2)OC1. The van der Waals surface area contributed by atoms with E-state index in [9.17, 15) is 9.59 Å². The number of rotatable bonds is 9. The largest absolute Gasteiger partial charge is 0.463 e. The van der Waals surface area contributed by atoms with Gasteiger partial charge in [-0.25, -0.2) is 0 Å². The van der Waals surface area contributed by atoms with Crippen LogP contribution >= 0.6 is 0 Å². The van der Waals surface area contributed by atoms with Crippen LogP contribution in [-0.4, -0.2) is 67.4 Å². The second-order valence-electron chi connectivity index (χ2n) is 10.1. The zero-order chi connectivity index (χ0) is 24.1. The molecule has 3 rings (SSSR count). The minimum absolute atomic E-state index is 0.0185. The lowest BCUT2D eigenvalue weighted by atomic mass is 9.85. The third kappa shape index (κ3) is 8.85. The number of allylic oxidation sites excluding steroid dienone is 2. The van der Waals surface area contributed by atoms with E-state index >= 15 is 0 Å². The number of nitrogens with one attached hydrogen (secondary N) is 1. The van der Waals surface area contributed by atoms with Gasteiger partial charge in [-0.05, 0) is 34.1 Å². The van der Waals surface area contributed by atoms with E-state index < -0.39 is 0 Å². The van der Waals surface area contributed by atoms with E-state index in [2.05, 4.69) is 44.3 Å². The van der Waals surface area contributed by atoms with Crippen molar-refractivity contribution in [2.24, 2.45) is 0 Å². The molecule has 3 saturated heterocycles. The molecular weight excluding hydrogens is 426 g/mol. The number of hydrogen-bond donors (Lipinski definition) is 1. The summed E-state index contributed by atoms with van der Waals surface area (Å²) in [5.41, 5.74) is 0.972. The molecule has 0 unspecified atom stereocenters. The first-order valence-corrected chi connectivity index (χ1v) is 11.9. The van der Waals surface area contributed by atoms with Crippen LogP contribution in [0.1, 0.15) is 66.7 Å². The summed E-state index contributed by atoms with van der Waals surface area (Å²) in [7, 11) is 0. The lowest BCUT2D eigenvalue weighted by Crippen LogP contribution is -2.47. The van der Waals surface area contributed by atoms with E-state index in [1.165, 1.54) is 6.92 Å². The molecule has 0 aromatic carbocycles.